The number of fused-ring (bicyclic) bond motifs is 7. The third-order valence-corrected chi connectivity index (χ3v) is 11.9. The topological polar surface area (TPSA) is 90.0 Å². The summed E-state index contributed by atoms with van der Waals surface area (Å²) in [5.74, 6) is -0.735. The van der Waals surface area contributed by atoms with Crippen LogP contribution in [0.15, 0.2) is 127 Å². The summed E-state index contributed by atoms with van der Waals surface area (Å²) in [6.07, 6.45) is 2.48. The van der Waals surface area contributed by atoms with Crippen molar-refractivity contribution in [3.63, 3.8) is 0 Å². The summed E-state index contributed by atoms with van der Waals surface area (Å²) in [6, 6.07) is 44.3. The van der Waals surface area contributed by atoms with E-state index in [0.29, 0.717) is 12.8 Å². The number of aliphatic hydroxyl groups excluding tert-OH is 1. The number of ether oxygens (including phenoxy) is 2. The molecule has 2 unspecified atom stereocenters. The van der Waals surface area contributed by atoms with Crippen LogP contribution >= 0.6 is 0 Å². The third kappa shape index (κ3) is 8.83. The van der Waals surface area contributed by atoms with Crippen LogP contribution in [0.5, 0.6) is 0 Å². The maximum absolute atomic E-state index is 12.6. The van der Waals surface area contributed by atoms with E-state index >= 15 is 0 Å². The van der Waals surface area contributed by atoms with Gasteiger partial charge in [-0.3, -0.25) is 9.78 Å². The Labute approximate surface area is 362 Å². The van der Waals surface area contributed by atoms with E-state index in [1.807, 2.05) is 19.1 Å². The molecule has 1 heterocycles. The predicted octanol–water partition coefficient (Wildman–Crippen LogP) is 12.0. The van der Waals surface area contributed by atoms with Gasteiger partial charge in [-0.05, 0) is 81.6 Å². The molecule has 0 amide bonds. The number of aliphatic hydroxyl groups is 1. The Morgan fingerprint density at radius 3 is 2.05 bits per heavy atom. The Balaban J connectivity index is 0.000000201. The summed E-state index contributed by atoms with van der Waals surface area (Å²) in [4.78, 5) is 26.9. The molecular formula is C52H53IrNO5. The number of carbonyl (C=O) groups is 1. The molecule has 5 aromatic carbocycles. The fourth-order valence-corrected chi connectivity index (χ4v) is 8.65. The maximum atomic E-state index is 12.6. The second-order valence-electron chi connectivity index (χ2n) is 16.6. The molecule has 0 saturated carbocycles. The number of allylic oxidation sites excluding steroid dienone is 1. The molecule has 0 fully saturated rings. The fourth-order valence-electron chi connectivity index (χ4n) is 8.65. The Hall–Kier alpha value is -5.36. The van der Waals surface area contributed by atoms with Crippen LogP contribution in [-0.2, 0) is 45.2 Å². The molecular weight excluding hydrogens is 911 g/mol. The molecule has 0 bridgehead atoms. The predicted molar refractivity (Wildman–Crippen MR) is 235 cm³/mol. The van der Waals surface area contributed by atoms with Crippen LogP contribution in [0.1, 0.15) is 95.0 Å². The minimum absolute atomic E-state index is 0. The number of para-hydroxylation sites is 1. The molecule has 305 valence electrons. The van der Waals surface area contributed by atoms with Crippen LogP contribution in [0.3, 0.4) is 0 Å². The zero-order valence-electron chi connectivity index (χ0n) is 34.9. The third-order valence-electron chi connectivity index (χ3n) is 11.9. The Morgan fingerprint density at radius 2 is 1.37 bits per heavy atom. The van der Waals surface area contributed by atoms with Gasteiger partial charge in [-0.25, -0.2) is 0 Å². The van der Waals surface area contributed by atoms with E-state index in [4.69, 9.17) is 19.6 Å². The van der Waals surface area contributed by atoms with Gasteiger partial charge in [-0.2, -0.15) is 0 Å². The van der Waals surface area contributed by atoms with Crippen molar-refractivity contribution in [3.05, 3.63) is 161 Å². The van der Waals surface area contributed by atoms with Gasteiger partial charge >= 0.3 is 11.9 Å². The first kappa shape index (κ1) is 43.2. The molecule has 0 spiro atoms. The Bertz CT molecular complexity index is 2530. The average molecular weight is 964 g/mol. The number of pyridine rings is 1. The van der Waals surface area contributed by atoms with Crippen molar-refractivity contribution < 1.29 is 44.3 Å². The van der Waals surface area contributed by atoms with Gasteiger partial charge in [0.05, 0.1) is 11.4 Å². The van der Waals surface area contributed by atoms with Gasteiger partial charge in [-0.1, -0.05) is 150 Å². The molecule has 2 atom stereocenters. The number of aromatic nitrogens is 1. The zero-order chi connectivity index (χ0) is 41.2. The summed E-state index contributed by atoms with van der Waals surface area (Å²) in [5, 5.41) is 10.3. The number of esters is 2. The van der Waals surface area contributed by atoms with Crippen molar-refractivity contribution in [1.29, 1.82) is 0 Å². The average Bonchev–Trinajstić information content (AvgIpc) is 3.60. The molecule has 6 aromatic rings. The zero-order valence-corrected chi connectivity index (χ0v) is 37.3. The van der Waals surface area contributed by atoms with E-state index < -0.39 is 5.97 Å². The molecule has 2 aliphatic carbocycles. The first-order valence-corrected chi connectivity index (χ1v) is 20.3. The maximum Gasteiger partial charge on any atom is 0.513 e. The smallest absolute Gasteiger partial charge is 0.512 e. The standard InChI is InChI=1S/C28H34O5.C24H18N.Ir/c1-6-20(27(31)33-14-13-32-26(30)16-19(3)29)15-18(2)21-11-12-23-22-9-7-8-10-24(22)28(4,5)25(23)17-21;1-24(2)20-9-5-4-8-18(20)19-13-11-17(15-21(19)24)23-14-12-16-7-3-6-10-22(16)25-23;/h7-12,16-18,20,29H,6,13-15H2,1-5H3;3-10,12-15H,1-2H3;/q;-1;/p+1/b19-16-;;. The Kier molecular flexibility index (Phi) is 13.1. The molecule has 0 aliphatic heterocycles. The number of carbonyl (C=O) groups excluding carboxylic acids is 2. The van der Waals surface area contributed by atoms with Gasteiger partial charge in [0.25, 0.3) is 0 Å². The van der Waals surface area contributed by atoms with E-state index in [1.54, 1.807) is 0 Å². The van der Waals surface area contributed by atoms with Crippen molar-refractivity contribution in [2.24, 2.45) is 5.92 Å². The van der Waals surface area contributed by atoms with Gasteiger partial charge in [-0.15, -0.1) is 29.3 Å². The molecule has 2 N–H and O–H groups in total. The number of rotatable bonds is 10. The number of hydrogen-bond donors (Lipinski definition) is 1. The molecule has 59 heavy (non-hydrogen) atoms. The van der Waals surface area contributed by atoms with Crippen molar-refractivity contribution in [1.82, 2.24) is 4.98 Å². The van der Waals surface area contributed by atoms with Gasteiger partial charge < -0.3 is 19.4 Å². The SMILES string of the molecule is CC1(C)c2ccccc2-c2c[c-]c(-c3ccc4ccccc4n3)cc21.CCC(CC(C)c1ccc2c(c1)C(C)(C)c1ccccc1-2)C(=O)OCCOC(=[OH+])/C=C(/C)O.[Ir]. The van der Waals surface area contributed by atoms with E-state index in [9.17, 15) is 9.59 Å². The second-order valence-corrected chi connectivity index (χ2v) is 16.6. The van der Waals surface area contributed by atoms with Crippen LogP contribution in [0, 0.1) is 12.0 Å². The van der Waals surface area contributed by atoms with Gasteiger partial charge in [0.2, 0.25) is 6.61 Å². The van der Waals surface area contributed by atoms with E-state index in [-0.39, 0.29) is 67.7 Å². The summed E-state index contributed by atoms with van der Waals surface area (Å²) in [6.45, 7) is 14.8. The van der Waals surface area contributed by atoms with Gasteiger partial charge in [0, 0.05) is 25.5 Å². The molecule has 0 saturated heterocycles. The van der Waals surface area contributed by atoms with Crippen LogP contribution in [-0.4, -0.2) is 40.0 Å². The first-order valence-electron chi connectivity index (χ1n) is 20.3. The van der Waals surface area contributed by atoms with Crippen molar-refractivity contribution in [3.8, 4) is 33.5 Å². The van der Waals surface area contributed by atoms with E-state index in [0.717, 1.165) is 22.9 Å². The van der Waals surface area contributed by atoms with Crippen LogP contribution < -0.4 is 0 Å². The molecule has 1 radical (unpaired) electrons. The summed E-state index contributed by atoms with van der Waals surface area (Å²) >= 11 is 0. The summed E-state index contributed by atoms with van der Waals surface area (Å²) in [5.41, 5.74) is 14.9. The van der Waals surface area contributed by atoms with Crippen LogP contribution in [0.2, 0.25) is 0 Å². The quantitative estimate of drug-likeness (QED) is 0.0369. The molecule has 1 aromatic heterocycles. The molecule has 6 nitrogen and oxygen atoms in total. The van der Waals surface area contributed by atoms with Crippen LogP contribution in [0.4, 0.5) is 0 Å². The Morgan fingerprint density at radius 1 is 0.780 bits per heavy atom. The second kappa shape index (κ2) is 17.9. The van der Waals surface area contributed by atoms with E-state index in [2.05, 4.69) is 144 Å². The fraction of sp³-hybridized carbons (Fsp3) is 0.288. The van der Waals surface area contributed by atoms with Crippen LogP contribution in [0.25, 0.3) is 44.4 Å². The molecule has 7 heteroatoms. The van der Waals surface area contributed by atoms with Crippen molar-refractivity contribution in [2.75, 3.05) is 13.2 Å². The normalized spacial score (nSPS) is 14.9. The molecule has 2 aliphatic rings. The first-order chi connectivity index (χ1) is 27.8. The molecule has 8 rings (SSSR count). The van der Waals surface area contributed by atoms with Gasteiger partial charge in [0.1, 0.15) is 11.8 Å². The monoisotopic (exact) mass is 964 g/mol. The van der Waals surface area contributed by atoms with Crippen molar-refractivity contribution in [2.45, 2.75) is 78.1 Å². The van der Waals surface area contributed by atoms with E-state index in [1.165, 1.54) is 62.4 Å². The number of nitrogens with zero attached hydrogens (tertiary/aromatic N) is 1. The van der Waals surface area contributed by atoms with Crippen molar-refractivity contribution >= 4 is 22.8 Å². The summed E-state index contributed by atoms with van der Waals surface area (Å²) < 4.78 is 10.4. The number of benzene rings is 5. The number of hydrogen-bond acceptors (Lipinski definition) is 5. The minimum Gasteiger partial charge on any atom is -0.512 e. The largest absolute Gasteiger partial charge is 0.513 e. The summed E-state index contributed by atoms with van der Waals surface area (Å²) in [7, 11) is 0. The minimum atomic E-state index is -0.409. The van der Waals surface area contributed by atoms with Gasteiger partial charge in [0.15, 0.2) is 6.61 Å².